The van der Waals surface area contributed by atoms with Crippen LogP contribution in [0.4, 0.5) is 0 Å². The summed E-state index contributed by atoms with van der Waals surface area (Å²) >= 11 is 5.97. The largest absolute Gasteiger partial charge is 0.467 e. The van der Waals surface area contributed by atoms with Gasteiger partial charge in [0.15, 0.2) is 5.82 Å². The maximum absolute atomic E-state index is 5.97. The Labute approximate surface area is 149 Å². The highest BCUT2D eigenvalue weighted by Crippen LogP contribution is 2.27. The van der Waals surface area contributed by atoms with Crippen molar-refractivity contribution in [3.05, 3.63) is 58.7 Å². The number of nitrogens with one attached hydrogen (secondary N) is 1. The van der Waals surface area contributed by atoms with Gasteiger partial charge in [0.1, 0.15) is 0 Å². The summed E-state index contributed by atoms with van der Waals surface area (Å²) in [5.41, 5.74) is 4.00. The van der Waals surface area contributed by atoms with Crippen molar-refractivity contribution in [3.8, 4) is 17.4 Å². The van der Waals surface area contributed by atoms with Crippen molar-refractivity contribution in [2.45, 2.75) is 13.5 Å². The molecule has 2 aromatic heterocycles. The van der Waals surface area contributed by atoms with Gasteiger partial charge in [0.2, 0.25) is 0 Å². The first kappa shape index (κ1) is 15.7. The number of nitrogens with zero attached hydrogens (tertiary/aromatic N) is 4. The van der Waals surface area contributed by atoms with Crippen LogP contribution in [-0.4, -0.2) is 32.1 Å². The van der Waals surface area contributed by atoms with E-state index in [1.165, 1.54) is 0 Å². The molecule has 0 saturated carbocycles. The Hall–Kier alpha value is -2.86. The van der Waals surface area contributed by atoms with Crippen LogP contribution >= 0.6 is 11.6 Å². The standard InChI is InChI=1S/C18H16ClN5O/c1-11-15-9-13(5-8-16(15)21-20-11)17-22-23-18(25-2)24(17)10-12-3-6-14(19)7-4-12/h3-9H,10H2,1-2H3,(H,20,21). The van der Waals surface area contributed by atoms with Gasteiger partial charge < -0.3 is 4.74 Å². The predicted octanol–water partition coefficient (Wildman–Crippen LogP) is 3.84. The fourth-order valence-corrected chi connectivity index (χ4v) is 2.97. The van der Waals surface area contributed by atoms with E-state index in [0.29, 0.717) is 17.6 Å². The van der Waals surface area contributed by atoms with E-state index < -0.39 is 0 Å². The van der Waals surface area contributed by atoms with Crippen LogP contribution in [0.2, 0.25) is 5.02 Å². The maximum atomic E-state index is 5.97. The molecule has 4 aromatic rings. The molecule has 0 saturated heterocycles. The summed E-state index contributed by atoms with van der Waals surface area (Å²) in [5, 5.41) is 17.5. The third kappa shape index (κ3) is 2.85. The zero-order chi connectivity index (χ0) is 17.4. The minimum absolute atomic E-state index is 0.467. The SMILES string of the molecule is COc1nnc(-c2ccc3n[nH]c(C)c3c2)n1Cc1ccc(Cl)cc1. The van der Waals surface area contributed by atoms with Gasteiger partial charge in [-0.25, -0.2) is 0 Å². The van der Waals surface area contributed by atoms with Gasteiger partial charge >= 0.3 is 6.01 Å². The lowest BCUT2D eigenvalue weighted by Crippen LogP contribution is -2.04. The average molecular weight is 354 g/mol. The van der Waals surface area contributed by atoms with Crippen molar-refractivity contribution >= 4 is 22.5 Å². The van der Waals surface area contributed by atoms with Gasteiger partial charge in [0, 0.05) is 21.7 Å². The fraction of sp³-hybridized carbons (Fsp3) is 0.167. The maximum Gasteiger partial charge on any atom is 0.317 e. The number of hydrogen-bond donors (Lipinski definition) is 1. The van der Waals surface area contributed by atoms with Gasteiger partial charge in [-0.3, -0.25) is 9.67 Å². The molecule has 0 fully saturated rings. The molecule has 6 nitrogen and oxygen atoms in total. The topological polar surface area (TPSA) is 68.6 Å². The van der Waals surface area contributed by atoms with E-state index in [9.17, 15) is 0 Å². The third-order valence-electron chi connectivity index (χ3n) is 4.16. The summed E-state index contributed by atoms with van der Waals surface area (Å²) in [6, 6.07) is 14.2. The molecule has 0 spiro atoms. The van der Waals surface area contributed by atoms with Crippen molar-refractivity contribution in [1.29, 1.82) is 0 Å². The molecule has 0 aliphatic heterocycles. The van der Waals surface area contributed by atoms with E-state index >= 15 is 0 Å². The van der Waals surface area contributed by atoms with Crippen molar-refractivity contribution < 1.29 is 4.74 Å². The van der Waals surface area contributed by atoms with E-state index in [1.807, 2.05) is 47.9 Å². The smallest absolute Gasteiger partial charge is 0.317 e. The first-order valence-electron chi connectivity index (χ1n) is 7.82. The molecule has 25 heavy (non-hydrogen) atoms. The lowest BCUT2D eigenvalue weighted by atomic mass is 10.1. The summed E-state index contributed by atoms with van der Waals surface area (Å²) in [6.45, 7) is 2.59. The Morgan fingerprint density at radius 3 is 2.68 bits per heavy atom. The summed E-state index contributed by atoms with van der Waals surface area (Å²) in [4.78, 5) is 0. The van der Waals surface area contributed by atoms with E-state index in [2.05, 4.69) is 26.5 Å². The van der Waals surface area contributed by atoms with Crippen LogP contribution in [0.15, 0.2) is 42.5 Å². The van der Waals surface area contributed by atoms with Gasteiger partial charge in [-0.15, -0.1) is 5.10 Å². The van der Waals surface area contributed by atoms with Crippen molar-refractivity contribution in [2.75, 3.05) is 7.11 Å². The number of aromatic amines is 1. The number of halogens is 1. The van der Waals surface area contributed by atoms with Crippen LogP contribution in [0.5, 0.6) is 6.01 Å². The monoisotopic (exact) mass is 353 g/mol. The van der Waals surface area contributed by atoms with Crippen LogP contribution in [0.3, 0.4) is 0 Å². The molecule has 0 aliphatic rings. The molecule has 1 N–H and O–H groups in total. The summed E-state index contributed by atoms with van der Waals surface area (Å²) in [5.74, 6) is 0.745. The van der Waals surface area contributed by atoms with Crippen molar-refractivity contribution in [1.82, 2.24) is 25.0 Å². The van der Waals surface area contributed by atoms with Gasteiger partial charge in [0.25, 0.3) is 0 Å². The zero-order valence-electron chi connectivity index (χ0n) is 13.8. The van der Waals surface area contributed by atoms with Gasteiger partial charge in [-0.05, 0) is 42.8 Å². The predicted molar refractivity (Wildman–Crippen MR) is 97.0 cm³/mol. The van der Waals surface area contributed by atoms with Gasteiger partial charge in [-0.2, -0.15) is 5.10 Å². The Bertz CT molecular complexity index is 1040. The lowest BCUT2D eigenvalue weighted by molar-refractivity contribution is 0.360. The summed E-state index contributed by atoms with van der Waals surface area (Å²) < 4.78 is 7.33. The average Bonchev–Trinajstić information content (AvgIpc) is 3.20. The Balaban J connectivity index is 1.79. The number of H-pyrrole nitrogens is 1. The van der Waals surface area contributed by atoms with Crippen molar-refractivity contribution in [2.24, 2.45) is 0 Å². The third-order valence-corrected chi connectivity index (χ3v) is 4.41. The van der Waals surface area contributed by atoms with Gasteiger partial charge in [-0.1, -0.05) is 28.8 Å². The Morgan fingerprint density at radius 2 is 1.92 bits per heavy atom. The molecule has 0 unspecified atom stereocenters. The number of hydrogen-bond acceptors (Lipinski definition) is 4. The number of benzene rings is 2. The fourth-order valence-electron chi connectivity index (χ4n) is 2.85. The number of aromatic nitrogens is 5. The second kappa shape index (κ2) is 6.22. The van der Waals surface area contributed by atoms with Crippen LogP contribution in [-0.2, 0) is 6.54 Å². The molecular weight excluding hydrogens is 338 g/mol. The minimum atomic E-state index is 0.467. The molecule has 0 atom stereocenters. The van der Waals surface area contributed by atoms with Gasteiger partial charge in [0.05, 0.1) is 19.2 Å². The summed E-state index contributed by atoms with van der Waals surface area (Å²) in [7, 11) is 1.59. The van der Waals surface area contributed by atoms with E-state index in [-0.39, 0.29) is 0 Å². The number of aryl methyl sites for hydroxylation is 1. The lowest BCUT2D eigenvalue weighted by Gasteiger charge is -2.10. The van der Waals surface area contributed by atoms with E-state index in [0.717, 1.165) is 33.5 Å². The summed E-state index contributed by atoms with van der Waals surface area (Å²) in [6.07, 6.45) is 0. The van der Waals surface area contributed by atoms with Crippen LogP contribution in [0.25, 0.3) is 22.3 Å². The number of rotatable bonds is 4. The van der Waals surface area contributed by atoms with Crippen molar-refractivity contribution in [3.63, 3.8) is 0 Å². The minimum Gasteiger partial charge on any atom is -0.467 e. The van der Waals surface area contributed by atoms with E-state index in [1.54, 1.807) is 7.11 Å². The van der Waals surface area contributed by atoms with Crippen LogP contribution < -0.4 is 4.74 Å². The molecule has 2 heterocycles. The molecule has 4 rings (SSSR count). The molecule has 0 aliphatic carbocycles. The van der Waals surface area contributed by atoms with Crippen LogP contribution in [0.1, 0.15) is 11.3 Å². The zero-order valence-corrected chi connectivity index (χ0v) is 14.6. The normalized spacial score (nSPS) is 11.2. The highest BCUT2D eigenvalue weighted by molar-refractivity contribution is 6.30. The second-order valence-corrected chi connectivity index (χ2v) is 6.24. The number of methoxy groups -OCH3 is 1. The molecule has 2 aromatic carbocycles. The first-order valence-corrected chi connectivity index (χ1v) is 8.20. The highest BCUT2D eigenvalue weighted by Gasteiger charge is 2.16. The molecule has 126 valence electrons. The molecule has 0 bridgehead atoms. The second-order valence-electron chi connectivity index (χ2n) is 5.80. The Kier molecular flexibility index (Phi) is 3.89. The number of fused-ring (bicyclic) bond motifs is 1. The first-order chi connectivity index (χ1) is 12.2. The molecule has 7 heteroatoms. The Morgan fingerprint density at radius 1 is 1.12 bits per heavy atom. The molecule has 0 amide bonds. The van der Waals surface area contributed by atoms with E-state index in [4.69, 9.17) is 16.3 Å². The highest BCUT2D eigenvalue weighted by atomic mass is 35.5. The quantitative estimate of drug-likeness (QED) is 0.605. The molecule has 0 radical (unpaired) electrons. The molecular formula is C18H16ClN5O. The van der Waals surface area contributed by atoms with Crippen LogP contribution in [0, 0.1) is 6.92 Å². The number of ether oxygens (including phenoxy) is 1.